The molecule has 0 atom stereocenters. The number of hydrogen-bond acceptors (Lipinski definition) is 3. The molecule has 0 aromatic heterocycles. The molecule has 0 spiro atoms. The molecular weight excluding hydrogens is 424 g/mol. The molecule has 0 saturated carbocycles. The van der Waals surface area contributed by atoms with Gasteiger partial charge in [-0.1, -0.05) is 54.6 Å². The second kappa shape index (κ2) is 9.63. The third kappa shape index (κ3) is 4.69. The number of benzene rings is 4. The molecule has 4 aromatic rings. The van der Waals surface area contributed by atoms with Gasteiger partial charge in [0, 0.05) is 24.3 Å². The minimum atomic E-state index is -0.250. The van der Waals surface area contributed by atoms with Gasteiger partial charge in [-0.3, -0.25) is 9.59 Å². The molecule has 1 N–H and O–H groups in total. The summed E-state index contributed by atoms with van der Waals surface area (Å²) in [5, 5.41) is 2.99. The van der Waals surface area contributed by atoms with Crippen LogP contribution in [0.5, 0.6) is 11.5 Å². The Labute approximate surface area is 198 Å². The monoisotopic (exact) mass is 448 g/mol. The van der Waals surface area contributed by atoms with Crippen LogP contribution in [0.15, 0.2) is 103 Å². The fraction of sp³-hybridized carbons (Fsp3) is 0.103. The normalized spacial score (nSPS) is 12.5. The van der Waals surface area contributed by atoms with E-state index in [0.29, 0.717) is 41.4 Å². The maximum Gasteiger partial charge on any atom is 0.259 e. The van der Waals surface area contributed by atoms with Gasteiger partial charge in [-0.2, -0.15) is 0 Å². The molecule has 168 valence electrons. The zero-order valence-corrected chi connectivity index (χ0v) is 18.6. The third-order valence-electron chi connectivity index (χ3n) is 5.89. The lowest BCUT2D eigenvalue weighted by atomic mass is 9.98. The zero-order chi connectivity index (χ0) is 23.3. The average Bonchev–Trinajstić information content (AvgIpc) is 2.89. The van der Waals surface area contributed by atoms with Gasteiger partial charge in [0.05, 0.1) is 5.56 Å². The molecule has 2 amide bonds. The SMILES string of the molecule is O=C(Nc1ccc2c(c1)CN(C(=O)c1ccccc1)CC2)c1ccccc1Oc1ccccc1. The molecule has 34 heavy (non-hydrogen) atoms. The van der Waals surface area contributed by atoms with Crippen molar-refractivity contribution in [3.8, 4) is 11.5 Å². The van der Waals surface area contributed by atoms with Gasteiger partial charge >= 0.3 is 0 Å². The number of nitrogens with one attached hydrogen (secondary N) is 1. The highest BCUT2D eigenvalue weighted by atomic mass is 16.5. The van der Waals surface area contributed by atoms with Crippen molar-refractivity contribution in [1.82, 2.24) is 4.90 Å². The first kappa shape index (κ1) is 21.5. The summed E-state index contributed by atoms with van der Waals surface area (Å²) in [6.45, 7) is 1.19. The summed E-state index contributed by atoms with van der Waals surface area (Å²) in [6.07, 6.45) is 0.788. The van der Waals surface area contributed by atoms with Crippen molar-refractivity contribution < 1.29 is 14.3 Å². The van der Waals surface area contributed by atoms with Gasteiger partial charge in [-0.15, -0.1) is 0 Å². The fourth-order valence-corrected chi connectivity index (χ4v) is 4.13. The average molecular weight is 449 g/mol. The van der Waals surface area contributed by atoms with Crippen molar-refractivity contribution >= 4 is 17.5 Å². The molecular formula is C29H24N2O3. The Morgan fingerprint density at radius 2 is 1.47 bits per heavy atom. The number of para-hydroxylation sites is 2. The summed E-state index contributed by atoms with van der Waals surface area (Å²) in [4.78, 5) is 27.8. The van der Waals surface area contributed by atoms with E-state index in [9.17, 15) is 9.59 Å². The third-order valence-corrected chi connectivity index (χ3v) is 5.89. The van der Waals surface area contributed by atoms with Crippen molar-refractivity contribution in [2.75, 3.05) is 11.9 Å². The highest BCUT2D eigenvalue weighted by Gasteiger charge is 2.22. The number of ether oxygens (including phenoxy) is 1. The van der Waals surface area contributed by atoms with Gasteiger partial charge in [0.15, 0.2) is 0 Å². The maximum atomic E-state index is 13.1. The predicted octanol–water partition coefficient (Wildman–Crippen LogP) is 5.93. The van der Waals surface area contributed by atoms with Crippen LogP contribution in [0.4, 0.5) is 5.69 Å². The zero-order valence-electron chi connectivity index (χ0n) is 18.6. The number of anilines is 1. The van der Waals surface area contributed by atoms with Gasteiger partial charge in [0.1, 0.15) is 11.5 Å². The molecule has 1 heterocycles. The number of fused-ring (bicyclic) bond motifs is 1. The van der Waals surface area contributed by atoms with Crippen molar-refractivity contribution in [2.45, 2.75) is 13.0 Å². The summed E-state index contributed by atoms with van der Waals surface area (Å²) < 4.78 is 5.94. The molecule has 5 rings (SSSR count). The van der Waals surface area contributed by atoms with Crippen LogP contribution in [0, 0.1) is 0 Å². The maximum absolute atomic E-state index is 13.1. The Bertz CT molecular complexity index is 1320. The van der Waals surface area contributed by atoms with Gasteiger partial charge < -0.3 is 15.0 Å². The standard InChI is InChI=1S/C29H24N2O3/c32-28(26-13-7-8-14-27(26)34-25-11-5-2-6-12-25)30-24-16-15-21-17-18-31(20-23(21)19-24)29(33)22-9-3-1-4-10-22/h1-16,19H,17-18,20H2,(H,30,32). The van der Waals surface area contributed by atoms with Gasteiger partial charge in [0.2, 0.25) is 0 Å². The largest absolute Gasteiger partial charge is 0.457 e. The number of nitrogens with zero attached hydrogens (tertiary/aromatic N) is 1. The summed E-state index contributed by atoms with van der Waals surface area (Å²) in [5.41, 5.74) is 4.06. The number of amides is 2. The number of carbonyl (C=O) groups excluding carboxylic acids is 2. The lowest BCUT2D eigenvalue weighted by molar-refractivity contribution is 0.0734. The van der Waals surface area contributed by atoms with Crippen molar-refractivity contribution in [3.63, 3.8) is 0 Å². The smallest absolute Gasteiger partial charge is 0.259 e. The quantitative estimate of drug-likeness (QED) is 0.412. The van der Waals surface area contributed by atoms with Crippen molar-refractivity contribution in [1.29, 1.82) is 0 Å². The first-order valence-corrected chi connectivity index (χ1v) is 11.3. The molecule has 1 aliphatic heterocycles. The first-order chi connectivity index (χ1) is 16.7. The molecule has 4 aromatic carbocycles. The summed E-state index contributed by atoms with van der Waals surface area (Å²) in [5.74, 6) is 0.927. The van der Waals surface area contributed by atoms with Crippen LogP contribution in [0.2, 0.25) is 0 Å². The van der Waals surface area contributed by atoms with E-state index < -0.39 is 0 Å². The van der Waals surface area contributed by atoms with E-state index >= 15 is 0 Å². The summed E-state index contributed by atoms with van der Waals surface area (Å²) in [6, 6.07) is 31.8. The van der Waals surface area contributed by atoms with Crippen LogP contribution < -0.4 is 10.1 Å². The van der Waals surface area contributed by atoms with E-state index in [4.69, 9.17) is 4.74 Å². The predicted molar refractivity (Wildman–Crippen MR) is 132 cm³/mol. The first-order valence-electron chi connectivity index (χ1n) is 11.3. The molecule has 0 aliphatic carbocycles. The Kier molecular flexibility index (Phi) is 6.08. The van der Waals surface area contributed by atoms with Crippen LogP contribution in [-0.2, 0) is 13.0 Å². The minimum absolute atomic E-state index is 0.0210. The van der Waals surface area contributed by atoms with Crippen LogP contribution in [-0.4, -0.2) is 23.3 Å². The van der Waals surface area contributed by atoms with Crippen LogP contribution >= 0.6 is 0 Å². The van der Waals surface area contributed by atoms with Crippen LogP contribution in [0.3, 0.4) is 0 Å². The number of carbonyl (C=O) groups is 2. The highest BCUT2D eigenvalue weighted by Crippen LogP contribution is 2.27. The molecule has 1 aliphatic rings. The Morgan fingerprint density at radius 3 is 2.26 bits per heavy atom. The Balaban J connectivity index is 1.32. The van der Waals surface area contributed by atoms with E-state index in [-0.39, 0.29) is 11.8 Å². The fourth-order valence-electron chi connectivity index (χ4n) is 4.13. The molecule has 0 fully saturated rings. The molecule has 5 heteroatoms. The molecule has 0 saturated heterocycles. The number of rotatable bonds is 5. The number of hydrogen-bond donors (Lipinski definition) is 1. The Morgan fingerprint density at radius 1 is 0.765 bits per heavy atom. The molecule has 0 bridgehead atoms. The minimum Gasteiger partial charge on any atom is -0.457 e. The van der Waals surface area contributed by atoms with E-state index in [1.165, 1.54) is 5.56 Å². The second-order valence-corrected chi connectivity index (χ2v) is 8.19. The van der Waals surface area contributed by atoms with Crippen LogP contribution in [0.25, 0.3) is 0 Å². The molecule has 0 unspecified atom stereocenters. The van der Waals surface area contributed by atoms with Crippen molar-refractivity contribution in [3.05, 3.63) is 125 Å². The Hall–Kier alpha value is -4.38. The lowest BCUT2D eigenvalue weighted by Gasteiger charge is -2.29. The van der Waals surface area contributed by atoms with E-state index in [1.807, 2.05) is 95.9 Å². The van der Waals surface area contributed by atoms with Gasteiger partial charge in [-0.25, -0.2) is 0 Å². The second-order valence-electron chi connectivity index (χ2n) is 8.19. The highest BCUT2D eigenvalue weighted by molar-refractivity contribution is 6.06. The van der Waals surface area contributed by atoms with E-state index in [1.54, 1.807) is 12.1 Å². The topological polar surface area (TPSA) is 58.6 Å². The summed E-state index contributed by atoms with van der Waals surface area (Å²) >= 11 is 0. The van der Waals surface area contributed by atoms with Gasteiger partial charge in [0.25, 0.3) is 11.8 Å². The van der Waals surface area contributed by atoms with E-state index in [2.05, 4.69) is 5.32 Å². The van der Waals surface area contributed by atoms with E-state index in [0.717, 1.165) is 12.0 Å². The van der Waals surface area contributed by atoms with Crippen molar-refractivity contribution in [2.24, 2.45) is 0 Å². The molecule has 0 radical (unpaired) electrons. The molecule has 5 nitrogen and oxygen atoms in total. The van der Waals surface area contributed by atoms with Crippen LogP contribution in [0.1, 0.15) is 31.8 Å². The summed E-state index contributed by atoms with van der Waals surface area (Å²) in [7, 11) is 0. The lowest BCUT2D eigenvalue weighted by Crippen LogP contribution is -2.36. The van der Waals surface area contributed by atoms with Gasteiger partial charge in [-0.05, 0) is 66.1 Å².